The molecule has 9 rings (SSSR count). The van der Waals surface area contributed by atoms with Crippen LogP contribution in [-0.2, 0) is 32.9 Å². The van der Waals surface area contributed by atoms with Gasteiger partial charge in [-0.3, -0.25) is 9.97 Å². The Labute approximate surface area is 394 Å². The monoisotopic (exact) mass is 1040 g/mol. The van der Waals surface area contributed by atoms with E-state index >= 15 is 0 Å². The number of nitrogens with zero attached hydrogens (tertiary/aromatic N) is 4. The van der Waals surface area contributed by atoms with Crippen LogP contribution >= 0.6 is 0 Å². The van der Waals surface area contributed by atoms with Crippen LogP contribution in [0.4, 0.5) is 0 Å². The van der Waals surface area contributed by atoms with Crippen LogP contribution in [0.15, 0.2) is 150 Å². The third kappa shape index (κ3) is 10.1. The van der Waals surface area contributed by atoms with Gasteiger partial charge in [-0.2, -0.15) is 0 Å². The summed E-state index contributed by atoms with van der Waals surface area (Å²) >= 11 is 0. The molecule has 0 N–H and O–H groups in total. The quantitative estimate of drug-likeness (QED) is 0.0957. The molecule has 9 aromatic rings. The minimum Gasteiger partial charge on any atom is -0.557 e. The van der Waals surface area contributed by atoms with E-state index in [1.165, 1.54) is 44.3 Å². The first kappa shape index (κ1) is 46.3. The van der Waals surface area contributed by atoms with E-state index in [1.807, 2.05) is 42.6 Å². The maximum Gasteiger partial charge on any atom is 0.0798 e. The molecule has 5 aromatic carbocycles. The largest absolute Gasteiger partial charge is 0.557 e. The SMILES string of the molecule is CC(C)Cc1cc(-c2[c-]cccc2)ncc1[Si](C)(C)C.CC(C)c1cc(-c2ccccc2)cc(C(C)C)c1-n1c(-c2[c-]oc3ccc(Cc4ccccn4)cc23)nc2ccccc21.[Ir]. The number of para-hydroxylation sites is 2. The van der Waals surface area contributed by atoms with Crippen molar-refractivity contribution < 1.29 is 24.5 Å². The summed E-state index contributed by atoms with van der Waals surface area (Å²) in [6, 6.07) is 49.8. The molecule has 0 bridgehead atoms. The first-order valence-corrected chi connectivity index (χ1v) is 25.9. The fraction of sp³-hybridized carbons (Fsp3) is 0.246. The van der Waals surface area contributed by atoms with Gasteiger partial charge in [-0.1, -0.05) is 156 Å². The second-order valence-corrected chi connectivity index (χ2v) is 23.7. The van der Waals surface area contributed by atoms with E-state index in [1.54, 1.807) is 0 Å². The van der Waals surface area contributed by atoms with Crippen molar-refractivity contribution in [1.29, 1.82) is 0 Å². The smallest absolute Gasteiger partial charge is 0.0798 e. The first-order chi connectivity index (χ1) is 30.4. The van der Waals surface area contributed by atoms with Gasteiger partial charge in [0.25, 0.3) is 0 Å². The molecule has 64 heavy (non-hydrogen) atoms. The van der Waals surface area contributed by atoms with Gasteiger partial charge in [-0.15, -0.1) is 35.9 Å². The second-order valence-electron chi connectivity index (χ2n) is 18.7. The molecule has 327 valence electrons. The summed E-state index contributed by atoms with van der Waals surface area (Å²) in [5.74, 6) is 2.09. The van der Waals surface area contributed by atoms with Gasteiger partial charge >= 0.3 is 0 Å². The summed E-state index contributed by atoms with van der Waals surface area (Å²) in [7, 11) is -1.34. The normalized spacial score (nSPS) is 11.6. The van der Waals surface area contributed by atoms with Gasteiger partial charge in [0, 0.05) is 62.1 Å². The van der Waals surface area contributed by atoms with Crippen molar-refractivity contribution in [3.05, 3.63) is 186 Å². The van der Waals surface area contributed by atoms with Crippen LogP contribution in [0.25, 0.3) is 61.5 Å². The van der Waals surface area contributed by atoms with Gasteiger partial charge in [0.2, 0.25) is 0 Å². The molecular formula is C57H58IrN4OSi-2. The average Bonchev–Trinajstić information content (AvgIpc) is 3.87. The van der Waals surface area contributed by atoms with E-state index in [0.29, 0.717) is 17.8 Å². The van der Waals surface area contributed by atoms with E-state index in [2.05, 4.69) is 191 Å². The first-order valence-electron chi connectivity index (χ1n) is 22.4. The number of rotatable bonds is 11. The van der Waals surface area contributed by atoms with Crippen LogP contribution in [-0.4, -0.2) is 27.6 Å². The molecule has 0 amide bonds. The van der Waals surface area contributed by atoms with Crippen molar-refractivity contribution in [2.45, 2.75) is 85.9 Å². The molecular weight excluding hydrogens is 977 g/mol. The molecule has 0 spiro atoms. The molecule has 5 nitrogen and oxygen atoms in total. The third-order valence-electron chi connectivity index (χ3n) is 11.6. The van der Waals surface area contributed by atoms with Gasteiger partial charge in [-0.25, -0.2) is 0 Å². The van der Waals surface area contributed by atoms with E-state index in [9.17, 15) is 0 Å². The fourth-order valence-corrected chi connectivity index (χ4v) is 10.1. The molecule has 1 radical (unpaired) electrons. The van der Waals surface area contributed by atoms with Gasteiger partial charge in [-0.05, 0) is 93.7 Å². The number of hydrogen-bond acceptors (Lipinski definition) is 4. The van der Waals surface area contributed by atoms with Crippen molar-refractivity contribution in [1.82, 2.24) is 19.5 Å². The Balaban J connectivity index is 0.000000246. The van der Waals surface area contributed by atoms with Crippen molar-refractivity contribution >= 4 is 35.3 Å². The summed E-state index contributed by atoms with van der Waals surface area (Å²) < 4.78 is 8.38. The summed E-state index contributed by atoms with van der Waals surface area (Å²) in [4.78, 5) is 14.5. The maximum atomic E-state index is 6.03. The van der Waals surface area contributed by atoms with Crippen LogP contribution in [0, 0.1) is 18.2 Å². The molecule has 0 aliphatic heterocycles. The minimum atomic E-state index is -1.34. The number of fused-ring (bicyclic) bond motifs is 2. The minimum absolute atomic E-state index is 0. The topological polar surface area (TPSA) is 56.7 Å². The van der Waals surface area contributed by atoms with Gasteiger partial charge in [0.15, 0.2) is 0 Å². The zero-order chi connectivity index (χ0) is 44.3. The number of benzene rings is 5. The van der Waals surface area contributed by atoms with Crippen molar-refractivity contribution in [2.24, 2.45) is 5.92 Å². The molecule has 0 fully saturated rings. The molecule has 0 unspecified atom stereocenters. The predicted octanol–water partition coefficient (Wildman–Crippen LogP) is 14.4. The molecule has 0 aliphatic rings. The van der Waals surface area contributed by atoms with Crippen LogP contribution in [0.1, 0.15) is 81.3 Å². The zero-order valence-corrected chi connectivity index (χ0v) is 41.9. The Bertz CT molecular complexity index is 2940. The number of aromatic nitrogens is 4. The Morgan fingerprint density at radius 3 is 2.06 bits per heavy atom. The molecule has 4 aromatic heterocycles. The Morgan fingerprint density at radius 1 is 0.703 bits per heavy atom. The predicted molar refractivity (Wildman–Crippen MR) is 266 cm³/mol. The Hall–Kier alpha value is -5.72. The molecule has 0 saturated carbocycles. The summed E-state index contributed by atoms with van der Waals surface area (Å²) in [5, 5.41) is 2.49. The average molecular weight is 1040 g/mol. The van der Waals surface area contributed by atoms with E-state index < -0.39 is 8.07 Å². The van der Waals surface area contributed by atoms with Crippen molar-refractivity contribution in [3.63, 3.8) is 0 Å². The third-order valence-corrected chi connectivity index (χ3v) is 13.7. The summed E-state index contributed by atoms with van der Waals surface area (Å²) in [5.41, 5.74) is 15.7. The fourth-order valence-electron chi connectivity index (χ4n) is 8.53. The van der Waals surface area contributed by atoms with Crippen LogP contribution in [0.3, 0.4) is 0 Å². The Morgan fingerprint density at radius 2 is 1.41 bits per heavy atom. The number of furan rings is 1. The number of imidazole rings is 1. The summed E-state index contributed by atoms with van der Waals surface area (Å²) in [6.07, 6.45) is 9.08. The van der Waals surface area contributed by atoms with E-state index in [0.717, 1.165) is 63.2 Å². The second kappa shape index (κ2) is 20.0. The van der Waals surface area contributed by atoms with Crippen molar-refractivity contribution in [3.8, 4) is 39.5 Å². The van der Waals surface area contributed by atoms with E-state index in [4.69, 9.17) is 9.40 Å². The van der Waals surface area contributed by atoms with Gasteiger partial charge in [0.05, 0.1) is 24.9 Å². The van der Waals surface area contributed by atoms with Gasteiger partial charge in [0.1, 0.15) is 0 Å². The molecule has 0 saturated heterocycles. The van der Waals surface area contributed by atoms with Crippen molar-refractivity contribution in [2.75, 3.05) is 0 Å². The number of hydrogen-bond donors (Lipinski definition) is 0. The van der Waals surface area contributed by atoms with Gasteiger partial charge < -0.3 is 14.0 Å². The molecule has 0 aliphatic carbocycles. The number of pyridine rings is 2. The molecule has 0 atom stereocenters. The van der Waals surface area contributed by atoms with Crippen LogP contribution < -0.4 is 5.19 Å². The molecule has 7 heteroatoms. The summed E-state index contributed by atoms with van der Waals surface area (Å²) in [6.45, 7) is 20.8. The molecule has 4 heterocycles. The maximum absolute atomic E-state index is 6.03. The Kier molecular flexibility index (Phi) is 14.4. The van der Waals surface area contributed by atoms with E-state index in [-0.39, 0.29) is 20.1 Å². The zero-order valence-electron chi connectivity index (χ0n) is 38.5. The van der Waals surface area contributed by atoms with Crippen LogP contribution in [0.5, 0.6) is 0 Å². The standard InChI is InChI=1S/C39H34N3O.C18H24NSi.Ir/c1-25(2)31-22-29(28-12-6-5-7-13-28)23-32(26(3)4)38(31)42-36-16-9-8-15-35(36)41-39(42)34-24-43-37-18-17-27(21-33(34)37)20-30-14-10-11-19-40-30;1-14(2)11-16-12-17(15-9-7-6-8-10-15)19-13-18(16)20(3,4)5;/h5-19,21-23,25-26H,20H2,1-4H3;6-9,12-14H,11H2,1-5H3;/q2*-1;. The van der Waals surface area contributed by atoms with Crippen LogP contribution in [0.2, 0.25) is 19.6 Å².